The van der Waals surface area contributed by atoms with Crippen LogP contribution in [0.2, 0.25) is 0 Å². The Morgan fingerprint density at radius 2 is 1.86 bits per heavy atom. The Labute approximate surface area is 82.9 Å². The average Bonchev–Trinajstić information content (AvgIpc) is 1.99. The summed E-state index contributed by atoms with van der Waals surface area (Å²) in [4.78, 5) is 21.2. The van der Waals surface area contributed by atoms with Crippen molar-refractivity contribution in [3.63, 3.8) is 0 Å². The molecule has 82 valence electrons. The third-order valence-electron chi connectivity index (χ3n) is 1.98. The monoisotopic (exact) mass is 203 g/mol. The fourth-order valence-corrected chi connectivity index (χ4v) is 1.35. The van der Waals surface area contributed by atoms with Crippen LogP contribution in [0.15, 0.2) is 0 Å². The summed E-state index contributed by atoms with van der Waals surface area (Å²) in [5, 5.41) is 17.3. The molecule has 1 unspecified atom stereocenters. The number of carbonyl (C=O) groups is 2. The summed E-state index contributed by atoms with van der Waals surface area (Å²) in [6.07, 6.45) is 0.0426. The van der Waals surface area contributed by atoms with Gasteiger partial charge in [-0.3, -0.25) is 9.59 Å². The zero-order chi connectivity index (χ0) is 11.4. The lowest BCUT2D eigenvalue weighted by atomic mass is 9.86. The lowest BCUT2D eigenvalue weighted by molar-refractivity contribution is -0.145. The van der Waals surface area contributed by atoms with Crippen molar-refractivity contribution in [2.45, 2.75) is 38.6 Å². The quantitative estimate of drug-likeness (QED) is 0.589. The molecule has 0 fully saturated rings. The van der Waals surface area contributed by atoms with Gasteiger partial charge < -0.3 is 15.9 Å². The minimum atomic E-state index is -1.41. The number of rotatable bonds is 6. The first kappa shape index (κ1) is 12.9. The molecule has 0 aliphatic rings. The first-order chi connectivity index (χ1) is 6.28. The molecule has 0 aliphatic carbocycles. The molecule has 4 N–H and O–H groups in total. The van der Waals surface area contributed by atoms with E-state index in [1.54, 1.807) is 0 Å². The summed E-state index contributed by atoms with van der Waals surface area (Å²) in [6, 6.07) is 0. The highest BCUT2D eigenvalue weighted by Gasteiger charge is 2.34. The van der Waals surface area contributed by atoms with E-state index in [1.165, 1.54) is 0 Å². The predicted octanol–water partition coefficient (Wildman–Crippen LogP) is 0.679. The molecule has 5 heteroatoms. The van der Waals surface area contributed by atoms with Crippen LogP contribution in [-0.4, -0.2) is 27.7 Å². The van der Waals surface area contributed by atoms with Gasteiger partial charge in [0.2, 0.25) is 0 Å². The molecule has 0 heterocycles. The number of carboxylic acids is 2. The minimum Gasteiger partial charge on any atom is -0.481 e. The SMILES string of the molecule is CC(C)CC(N)(CCC(=O)O)C(=O)O. The second kappa shape index (κ2) is 4.95. The third kappa shape index (κ3) is 4.23. The van der Waals surface area contributed by atoms with Crippen LogP contribution in [0, 0.1) is 5.92 Å². The molecule has 0 radical (unpaired) electrons. The molecule has 0 amide bonds. The molecule has 0 aromatic rings. The molecule has 1 atom stereocenters. The Balaban J connectivity index is 4.39. The van der Waals surface area contributed by atoms with Crippen molar-refractivity contribution in [1.82, 2.24) is 0 Å². The zero-order valence-electron chi connectivity index (χ0n) is 8.49. The largest absolute Gasteiger partial charge is 0.481 e. The van der Waals surface area contributed by atoms with Crippen molar-refractivity contribution in [2.75, 3.05) is 0 Å². The molecular weight excluding hydrogens is 186 g/mol. The molecule has 0 aliphatic heterocycles. The summed E-state index contributed by atoms with van der Waals surface area (Å²) in [6.45, 7) is 3.70. The standard InChI is InChI=1S/C9H17NO4/c1-6(2)5-9(10,8(13)14)4-3-7(11)12/h6H,3-5,10H2,1-2H3,(H,11,12)(H,13,14). The van der Waals surface area contributed by atoms with E-state index in [0.29, 0.717) is 0 Å². The van der Waals surface area contributed by atoms with Gasteiger partial charge in [-0.15, -0.1) is 0 Å². The molecule has 0 bridgehead atoms. The van der Waals surface area contributed by atoms with Gasteiger partial charge in [0.1, 0.15) is 5.54 Å². The smallest absolute Gasteiger partial charge is 0.323 e. The summed E-state index contributed by atoms with van der Waals surface area (Å²) >= 11 is 0. The summed E-state index contributed by atoms with van der Waals surface area (Å²) in [5.74, 6) is -2.03. The second-order valence-corrected chi connectivity index (χ2v) is 3.95. The number of nitrogens with two attached hydrogens (primary N) is 1. The number of aliphatic carboxylic acids is 2. The molecular formula is C9H17NO4. The Morgan fingerprint density at radius 3 is 2.14 bits per heavy atom. The van der Waals surface area contributed by atoms with Gasteiger partial charge in [-0.25, -0.2) is 0 Å². The zero-order valence-corrected chi connectivity index (χ0v) is 8.49. The Bertz CT molecular complexity index is 227. The fraction of sp³-hybridized carbons (Fsp3) is 0.778. The first-order valence-corrected chi connectivity index (χ1v) is 4.52. The van der Waals surface area contributed by atoms with E-state index in [0.717, 1.165) is 0 Å². The topological polar surface area (TPSA) is 101 Å². The maximum Gasteiger partial charge on any atom is 0.323 e. The molecule has 0 aromatic heterocycles. The van der Waals surface area contributed by atoms with Crippen LogP contribution in [0.5, 0.6) is 0 Å². The van der Waals surface area contributed by atoms with Crippen molar-refractivity contribution >= 4 is 11.9 Å². The van der Waals surface area contributed by atoms with Crippen LogP contribution in [0.3, 0.4) is 0 Å². The molecule has 14 heavy (non-hydrogen) atoms. The van der Waals surface area contributed by atoms with E-state index in [-0.39, 0.29) is 25.2 Å². The van der Waals surface area contributed by atoms with E-state index in [1.807, 2.05) is 13.8 Å². The maximum atomic E-state index is 10.9. The van der Waals surface area contributed by atoms with Gasteiger partial charge >= 0.3 is 11.9 Å². The van der Waals surface area contributed by atoms with Crippen LogP contribution >= 0.6 is 0 Å². The van der Waals surface area contributed by atoms with Crippen molar-refractivity contribution < 1.29 is 19.8 Å². The Hall–Kier alpha value is -1.10. The number of carboxylic acid groups (broad SMARTS) is 2. The van der Waals surface area contributed by atoms with Crippen LogP contribution in [0.1, 0.15) is 33.1 Å². The van der Waals surface area contributed by atoms with Crippen LogP contribution in [-0.2, 0) is 9.59 Å². The van der Waals surface area contributed by atoms with Gasteiger partial charge in [-0.05, 0) is 18.8 Å². The maximum absolute atomic E-state index is 10.9. The Kier molecular flexibility index (Phi) is 4.56. The highest BCUT2D eigenvalue weighted by atomic mass is 16.4. The number of hydrogen-bond donors (Lipinski definition) is 3. The van der Waals surface area contributed by atoms with E-state index >= 15 is 0 Å². The molecule has 0 saturated carbocycles. The summed E-state index contributed by atoms with van der Waals surface area (Å²) in [7, 11) is 0. The second-order valence-electron chi connectivity index (χ2n) is 3.95. The first-order valence-electron chi connectivity index (χ1n) is 4.52. The van der Waals surface area contributed by atoms with Gasteiger partial charge in [0.25, 0.3) is 0 Å². The van der Waals surface area contributed by atoms with Gasteiger partial charge in [0.15, 0.2) is 0 Å². The van der Waals surface area contributed by atoms with Crippen LogP contribution in [0.4, 0.5) is 0 Å². The third-order valence-corrected chi connectivity index (χ3v) is 1.98. The van der Waals surface area contributed by atoms with E-state index in [4.69, 9.17) is 15.9 Å². The molecule has 0 rings (SSSR count). The van der Waals surface area contributed by atoms with Gasteiger partial charge in [0, 0.05) is 6.42 Å². The summed E-state index contributed by atoms with van der Waals surface area (Å²) in [5.41, 5.74) is 4.22. The van der Waals surface area contributed by atoms with Crippen LogP contribution in [0.25, 0.3) is 0 Å². The van der Waals surface area contributed by atoms with E-state index in [2.05, 4.69) is 0 Å². The van der Waals surface area contributed by atoms with Gasteiger partial charge in [-0.1, -0.05) is 13.8 Å². The number of hydrogen-bond acceptors (Lipinski definition) is 3. The van der Waals surface area contributed by atoms with E-state index < -0.39 is 17.5 Å². The average molecular weight is 203 g/mol. The molecule has 0 spiro atoms. The lowest BCUT2D eigenvalue weighted by Gasteiger charge is -2.25. The fourth-order valence-electron chi connectivity index (χ4n) is 1.35. The van der Waals surface area contributed by atoms with E-state index in [9.17, 15) is 9.59 Å². The normalized spacial score (nSPS) is 15.1. The molecule has 5 nitrogen and oxygen atoms in total. The van der Waals surface area contributed by atoms with Crippen molar-refractivity contribution in [1.29, 1.82) is 0 Å². The van der Waals surface area contributed by atoms with Crippen molar-refractivity contribution in [3.8, 4) is 0 Å². The summed E-state index contributed by atoms with van der Waals surface area (Å²) < 4.78 is 0. The highest BCUT2D eigenvalue weighted by Crippen LogP contribution is 2.20. The minimum absolute atomic E-state index is 0.0319. The van der Waals surface area contributed by atoms with Gasteiger partial charge in [-0.2, -0.15) is 0 Å². The molecule has 0 aromatic carbocycles. The van der Waals surface area contributed by atoms with Crippen LogP contribution < -0.4 is 5.73 Å². The van der Waals surface area contributed by atoms with Crippen molar-refractivity contribution in [2.24, 2.45) is 11.7 Å². The predicted molar refractivity (Wildman–Crippen MR) is 50.9 cm³/mol. The van der Waals surface area contributed by atoms with Crippen molar-refractivity contribution in [3.05, 3.63) is 0 Å². The lowest BCUT2D eigenvalue weighted by Crippen LogP contribution is -2.49. The Morgan fingerprint density at radius 1 is 1.36 bits per heavy atom. The highest BCUT2D eigenvalue weighted by molar-refractivity contribution is 5.79. The van der Waals surface area contributed by atoms with Gasteiger partial charge in [0.05, 0.1) is 0 Å². The molecule has 0 saturated heterocycles.